The monoisotopic (exact) mass is 322 g/mol. The highest BCUT2D eigenvalue weighted by Crippen LogP contribution is 2.06. The van der Waals surface area contributed by atoms with Crippen molar-refractivity contribution < 1.29 is 4.74 Å². The normalized spacial score (nSPS) is 11.7. The smallest absolute Gasteiger partial charge is 0.192 e. The Morgan fingerprint density at radius 1 is 1.41 bits per heavy atom. The summed E-state index contributed by atoms with van der Waals surface area (Å²) < 4.78 is 7.01. The van der Waals surface area contributed by atoms with Gasteiger partial charge >= 0.3 is 0 Å². The average Bonchev–Trinajstić information content (AvgIpc) is 3.14. The summed E-state index contributed by atoms with van der Waals surface area (Å²) in [6.45, 7) is 4.47. The van der Waals surface area contributed by atoms with Gasteiger partial charge in [-0.1, -0.05) is 0 Å². The van der Waals surface area contributed by atoms with Crippen LogP contribution in [0.1, 0.15) is 17.2 Å². The number of guanidine groups is 1. The third kappa shape index (κ3) is 4.81. The summed E-state index contributed by atoms with van der Waals surface area (Å²) >= 11 is 1.68. The van der Waals surface area contributed by atoms with Gasteiger partial charge < -0.3 is 19.9 Å². The molecule has 2 heterocycles. The summed E-state index contributed by atoms with van der Waals surface area (Å²) in [5.74, 6) is 2.50. The summed E-state index contributed by atoms with van der Waals surface area (Å²) in [7, 11) is 3.63. The zero-order valence-corrected chi connectivity index (χ0v) is 14.0. The minimum atomic E-state index is 0.569. The van der Waals surface area contributed by atoms with E-state index in [-0.39, 0.29) is 0 Å². The number of ether oxygens (including phenoxy) is 1. The molecule has 0 unspecified atom stereocenters. The molecule has 2 rings (SSSR count). The van der Waals surface area contributed by atoms with Crippen LogP contribution in [0.5, 0.6) is 0 Å². The Morgan fingerprint density at radius 3 is 2.91 bits per heavy atom. The molecular formula is C14H22N6OS. The van der Waals surface area contributed by atoms with Crippen molar-refractivity contribution in [1.29, 1.82) is 0 Å². The molecule has 2 aromatic rings. The van der Waals surface area contributed by atoms with E-state index in [0.717, 1.165) is 17.6 Å². The molecule has 120 valence electrons. The molecule has 0 aliphatic heterocycles. The molecule has 0 aliphatic rings. The highest BCUT2D eigenvalue weighted by Gasteiger charge is 2.06. The van der Waals surface area contributed by atoms with Crippen LogP contribution in [0.4, 0.5) is 0 Å². The number of aryl methyl sites for hydroxylation is 1. The van der Waals surface area contributed by atoms with E-state index >= 15 is 0 Å². The van der Waals surface area contributed by atoms with Gasteiger partial charge in [0.1, 0.15) is 5.82 Å². The lowest BCUT2D eigenvalue weighted by Gasteiger charge is -2.12. The molecule has 0 atom stereocenters. The Bertz CT molecular complexity index is 593. The largest absolute Gasteiger partial charge is 0.383 e. The van der Waals surface area contributed by atoms with E-state index in [1.54, 1.807) is 18.4 Å². The van der Waals surface area contributed by atoms with Crippen molar-refractivity contribution in [2.45, 2.75) is 20.0 Å². The van der Waals surface area contributed by atoms with Crippen LogP contribution in [-0.4, -0.2) is 41.0 Å². The number of rotatable bonds is 7. The average molecular weight is 322 g/mol. The first-order chi connectivity index (χ1) is 10.7. The molecule has 0 spiro atoms. The Hall–Kier alpha value is -1.93. The van der Waals surface area contributed by atoms with Gasteiger partial charge in [0.25, 0.3) is 0 Å². The zero-order chi connectivity index (χ0) is 15.8. The molecule has 0 saturated heterocycles. The van der Waals surface area contributed by atoms with Gasteiger partial charge in [-0.15, -0.1) is 10.2 Å². The highest BCUT2D eigenvalue weighted by atomic mass is 32.1. The second-order valence-electron chi connectivity index (χ2n) is 4.79. The number of aromatic nitrogens is 3. The lowest BCUT2D eigenvalue weighted by atomic mass is 10.3. The molecule has 0 saturated carbocycles. The van der Waals surface area contributed by atoms with Gasteiger partial charge in [0.15, 0.2) is 11.8 Å². The first-order valence-corrected chi connectivity index (χ1v) is 8.02. The maximum absolute atomic E-state index is 5.06. The van der Waals surface area contributed by atoms with Crippen LogP contribution in [0.15, 0.2) is 21.8 Å². The van der Waals surface area contributed by atoms with Crippen LogP contribution in [0.3, 0.4) is 0 Å². The van der Waals surface area contributed by atoms with Crippen molar-refractivity contribution in [2.75, 3.05) is 20.3 Å². The first-order valence-electron chi connectivity index (χ1n) is 7.07. The topological polar surface area (TPSA) is 76.4 Å². The fraction of sp³-hybridized carbons (Fsp3) is 0.500. The molecule has 7 nitrogen and oxygen atoms in total. The van der Waals surface area contributed by atoms with E-state index in [2.05, 4.69) is 42.6 Å². The fourth-order valence-electron chi connectivity index (χ4n) is 1.77. The molecule has 0 bridgehead atoms. The number of hydrogen-bond acceptors (Lipinski definition) is 5. The van der Waals surface area contributed by atoms with E-state index < -0.39 is 0 Å². The van der Waals surface area contributed by atoms with Gasteiger partial charge in [-0.2, -0.15) is 11.3 Å². The molecule has 0 aromatic carbocycles. The van der Waals surface area contributed by atoms with Gasteiger partial charge in [0.05, 0.1) is 19.7 Å². The van der Waals surface area contributed by atoms with Crippen LogP contribution in [0.25, 0.3) is 0 Å². The van der Waals surface area contributed by atoms with Crippen LogP contribution in [0.2, 0.25) is 0 Å². The molecule has 0 radical (unpaired) electrons. The molecule has 2 aromatic heterocycles. The van der Waals surface area contributed by atoms with Gasteiger partial charge in [-0.3, -0.25) is 0 Å². The second-order valence-corrected chi connectivity index (χ2v) is 5.57. The summed E-state index contributed by atoms with van der Waals surface area (Å²) in [5.41, 5.74) is 1.20. The molecule has 0 aliphatic carbocycles. The lowest BCUT2D eigenvalue weighted by molar-refractivity contribution is 0.203. The van der Waals surface area contributed by atoms with Gasteiger partial charge in [0, 0.05) is 20.7 Å². The molecule has 2 N–H and O–H groups in total. The molecule has 22 heavy (non-hydrogen) atoms. The Labute approximate surface area is 134 Å². The summed E-state index contributed by atoms with van der Waals surface area (Å²) in [5, 5.41) is 18.9. The van der Waals surface area contributed by atoms with Gasteiger partial charge in [-0.05, 0) is 29.3 Å². The zero-order valence-electron chi connectivity index (χ0n) is 13.2. The van der Waals surface area contributed by atoms with Crippen LogP contribution in [-0.2, 0) is 24.9 Å². The minimum Gasteiger partial charge on any atom is -0.383 e. The predicted octanol–water partition coefficient (Wildman–Crippen LogP) is 1.07. The summed E-state index contributed by atoms with van der Waals surface area (Å²) in [6, 6.07) is 2.08. The van der Waals surface area contributed by atoms with E-state index in [1.165, 1.54) is 5.56 Å². The SMILES string of the molecule is COCCNC(=NCc1ccsc1)NCc1nnc(C)n1C. The van der Waals surface area contributed by atoms with Gasteiger partial charge in [0.2, 0.25) is 0 Å². The van der Waals surface area contributed by atoms with E-state index in [1.807, 2.05) is 18.5 Å². The number of nitrogens with one attached hydrogen (secondary N) is 2. The molecule has 0 amide bonds. The summed E-state index contributed by atoms with van der Waals surface area (Å²) in [6.07, 6.45) is 0. The van der Waals surface area contributed by atoms with Gasteiger partial charge in [-0.25, -0.2) is 4.99 Å². The van der Waals surface area contributed by atoms with E-state index in [0.29, 0.717) is 26.2 Å². The predicted molar refractivity (Wildman–Crippen MR) is 87.9 cm³/mol. The van der Waals surface area contributed by atoms with Crippen molar-refractivity contribution >= 4 is 17.3 Å². The maximum atomic E-state index is 5.06. The Kier molecular flexibility index (Phi) is 6.35. The Morgan fingerprint density at radius 2 is 2.27 bits per heavy atom. The standard InChI is InChI=1S/C14H22N6OS/c1-11-18-19-13(20(11)2)9-17-14(15-5-6-21-3)16-8-12-4-7-22-10-12/h4,7,10H,5-6,8-9H2,1-3H3,(H2,15,16,17). The summed E-state index contributed by atoms with van der Waals surface area (Å²) in [4.78, 5) is 4.58. The Balaban J connectivity index is 1.94. The molecule has 0 fully saturated rings. The number of methoxy groups -OCH3 is 1. The van der Waals surface area contributed by atoms with E-state index in [4.69, 9.17) is 4.74 Å². The molecule has 8 heteroatoms. The number of nitrogens with zero attached hydrogens (tertiary/aromatic N) is 4. The van der Waals surface area contributed by atoms with Crippen LogP contribution < -0.4 is 10.6 Å². The van der Waals surface area contributed by atoms with Crippen molar-refractivity contribution in [3.63, 3.8) is 0 Å². The molecular weight excluding hydrogens is 300 g/mol. The van der Waals surface area contributed by atoms with Crippen molar-refractivity contribution in [2.24, 2.45) is 12.0 Å². The maximum Gasteiger partial charge on any atom is 0.192 e. The fourth-order valence-corrected chi connectivity index (χ4v) is 2.43. The minimum absolute atomic E-state index is 0.569. The van der Waals surface area contributed by atoms with Crippen molar-refractivity contribution in [3.8, 4) is 0 Å². The lowest BCUT2D eigenvalue weighted by Crippen LogP contribution is -2.39. The number of hydrogen-bond donors (Lipinski definition) is 2. The highest BCUT2D eigenvalue weighted by molar-refractivity contribution is 7.07. The first kappa shape index (κ1) is 16.4. The quantitative estimate of drug-likeness (QED) is 0.453. The second kappa shape index (κ2) is 8.50. The third-order valence-electron chi connectivity index (χ3n) is 3.20. The van der Waals surface area contributed by atoms with Crippen LogP contribution >= 0.6 is 11.3 Å². The third-order valence-corrected chi connectivity index (χ3v) is 3.93. The van der Waals surface area contributed by atoms with Crippen LogP contribution in [0, 0.1) is 6.92 Å². The van der Waals surface area contributed by atoms with Crippen molar-refractivity contribution in [1.82, 2.24) is 25.4 Å². The van der Waals surface area contributed by atoms with E-state index in [9.17, 15) is 0 Å². The number of aliphatic imine (C=N–C) groups is 1. The van der Waals surface area contributed by atoms with Crippen molar-refractivity contribution in [3.05, 3.63) is 34.0 Å². The number of thiophene rings is 1.